The first-order valence-corrected chi connectivity index (χ1v) is 7.62. The predicted octanol–water partition coefficient (Wildman–Crippen LogP) is 4.69. The zero-order chi connectivity index (χ0) is 12.8. The SMILES string of the molecule is CCNC(CCC(C)C)c1cccc(C)c1I. The second-order valence-corrected chi connectivity index (χ2v) is 6.14. The molecule has 1 N–H and O–H groups in total. The minimum Gasteiger partial charge on any atom is -0.310 e. The fraction of sp³-hybridized carbons (Fsp3) is 0.600. The van der Waals surface area contributed by atoms with Gasteiger partial charge in [-0.15, -0.1) is 0 Å². The Kier molecular flexibility index (Phi) is 6.49. The topological polar surface area (TPSA) is 12.0 Å². The minimum absolute atomic E-state index is 0.509. The Hall–Kier alpha value is -0.0900. The van der Waals surface area contributed by atoms with Gasteiger partial charge in [0, 0.05) is 9.61 Å². The van der Waals surface area contributed by atoms with E-state index in [0.29, 0.717) is 6.04 Å². The Balaban J connectivity index is 2.85. The lowest BCUT2D eigenvalue weighted by Crippen LogP contribution is -2.22. The van der Waals surface area contributed by atoms with E-state index in [1.807, 2.05) is 0 Å². The molecule has 0 bridgehead atoms. The highest BCUT2D eigenvalue weighted by Crippen LogP contribution is 2.27. The minimum atomic E-state index is 0.509. The number of rotatable bonds is 6. The predicted molar refractivity (Wildman–Crippen MR) is 84.4 cm³/mol. The molecule has 0 aliphatic rings. The summed E-state index contributed by atoms with van der Waals surface area (Å²) < 4.78 is 1.42. The van der Waals surface area contributed by atoms with Crippen molar-refractivity contribution in [1.29, 1.82) is 0 Å². The molecule has 0 saturated heterocycles. The molecule has 1 aromatic rings. The summed E-state index contributed by atoms with van der Waals surface area (Å²) in [6, 6.07) is 7.14. The highest BCUT2D eigenvalue weighted by atomic mass is 127. The molecule has 1 unspecified atom stereocenters. The molecule has 0 radical (unpaired) electrons. The lowest BCUT2D eigenvalue weighted by Gasteiger charge is -2.21. The van der Waals surface area contributed by atoms with E-state index in [9.17, 15) is 0 Å². The number of hydrogen-bond donors (Lipinski definition) is 1. The van der Waals surface area contributed by atoms with Gasteiger partial charge >= 0.3 is 0 Å². The molecule has 0 heterocycles. The van der Waals surface area contributed by atoms with Gasteiger partial charge in [0.2, 0.25) is 0 Å². The van der Waals surface area contributed by atoms with Crippen LogP contribution in [-0.4, -0.2) is 6.54 Å². The van der Waals surface area contributed by atoms with Crippen molar-refractivity contribution in [2.75, 3.05) is 6.54 Å². The largest absolute Gasteiger partial charge is 0.310 e. The van der Waals surface area contributed by atoms with Gasteiger partial charge in [0.05, 0.1) is 0 Å². The zero-order valence-corrected chi connectivity index (χ0v) is 13.5. The van der Waals surface area contributed by atoms with Crippen LogP contribution in [0.3, 0.4) is 0 Å². The number of hydrogen-bond acceptors (Lipinski definition) is 1. The molecule has 17 heavy (non-hydrogen) atoms. The summed E-state index contributed by atoms with van der Waals surface area (Å²) >= 11 is 2.48. The van der Waals surface area contributed by atoms with Gasteiger partial charge in [-0.1, -0.05) is 39.0 Å². The van der Waals surface area contributed by atoms with E-state index in [2.05, 4.69) is 73.8 Å². The summed E-state index contributed by atoms with van der Waals surface area (Å²) in [6.45, 7) is 10.0. The molecule has 1 atom stereocenters. The van der Waals surface area contributed by atoms with Crippen LogP contribution in [0.25, 0.3) is 0 Å². The first kappa shape index (κ1) is 15.0. The van der Waals surface area contributed by atoms with Crippen LogP contribution in [0.4, 0.5) is 0 Å². The quantitative estimate of drug-likeness (QED) is 0.738. The summed E-state index contributed by atoms with van der Waals surface area (Å²) in [5, 5.41) is 3.62. The molecule has 0 spiro atoms. The van der Waals surface area contributed by atoms with Crippen LogP contribution in [0.5, 0.6) is 0 Å². The van der Waals surface area contributed by atoms with Gasteiger partial charge in [-0.3, -0.25) is 0 Å². The van der Waals surface area contributed by atoms with E-state index in [1.165, 1.54) is 27.5 Å². The fourth-order valence-corrected chi connectivity index (χ4v) is 2.79. The lowest BCUT2D eigenvalue weighted by atomic mass is 9.96. The van der Waals surface area contributed by atoms with Gasteiger partial charge < -0.3 is 5.32 Å². The molecule has 96 valence electrons. The van der Waals surface area contributed by atoms with Crippen molar-refractivity contribution in [3.05, 3.63) is 32.9 Å². The molecule has 2 heteroatoms. The Morgan fingerprint density at radius 2 is 1.94 bits per heavy atom. The van der Waals surface area contributed by atoms with Crippen LogP contribution < -0.4 is 5.32 Å². The molecule has 1 nitrogen and oxygen atoms in total. The van der Waals surface area contributed by atoms with E-state index < -0.39 is 0 Å². The Bertz CT molecular complexity index is 347. The molecule has 1 rings (SSSR count). The summed E-state index contributed by atoms with van der Waals surface area (Å²) in [5.74, 6) is 0.777. The van der Waals surface area contributed by atoms with Crippen LogP contribution in [0.15, 0.2) is 18.2 Å². The fourth-order valence-electron chi connectivity index (χ4n) is 2.05. The van der Waals surface area contributed by atoms with E-state index in [0.717, 1.165) is 12.5 Å². The van der Waals surface area contributed by atoms with E-state index in [1.54, 1.807) is 0 Å². The van der Waals surface area contributed by atoms with E-state index in [4.69, 9.17) is 0 Å². The van der Waals surface area contributed by atoms with Crippen LogP contribution in [-0.2, 0) is 0 Å². The molecule has 0 amide bonds. The molecule has 0 saturated carbocycles. The summed E-state index contributed by atoms with van der Waals surface area (Å²) in [6.07, 6.45) is 2.51. The van der Waals surface area contributed by atoms with Crippen molar-refractivity contribution in [3.63, 3.8) is 0 Å². The summed E-state index contributed by atoms with van der Waals surface area (Å²) in [4.78, 5) is 0. The third kappa shape index (κ3) is 4.59. The molecule has 0 aliphatic carbocycles. The Morgan fingerprint density at radius 1 is 1.24 bits per heavy atom. The van der Waals surface area contributed by atoms with Crippen molar-refractivity contribution in [2.45, 2.75) is 46.6 Å². The van der Waals surface area contributed by atoms with Gasteiger partial charge in [-0.05, 0) is 65.9 Å². The van der Waals surface area contributed by atoms with Gasteiger partial charge in [0.25, 0.3) is 0 Å². The van der Waals surface area contributed by atoms with Crippen molar-refractivity contribution >= 4 is 22.6 Å². The maximum Gasteiger partial charge on any atom is 0.0330 e. The van der Waals surface area contributed by atoms with Crippen LogP contribution >= 0.6 is 22.6 Å². The van der Waals surface area contributed by atoms with Crippen LogP contribution in [0.2, 0.25) is 0 Å². The highest BCUT2D eigenvalue weighted by molar-refractivity contribution is 14.1. The maximum absolute atomic E-state index is 3.62. The normalized spacial score (nSPS) is 13.1. The maximum atomic E-state index is 3.62. The average Bonchev–Trinajstić information content (AvgIpc) is 2.28. The standard InChI is InChI=1S/C15H24IN/c1-5-17-14(10-9-11(2)3)13-8-6-7-12(4)15(13)16/h6-8,11,14,17H,5,9-10H2,1-4H3. The second-order valence-electron chi connectivity index (χ2n) is 5.06. The average molecular weight is 345 g/mol. The molecule has 0 fully saturated rings. The molecule has 0 aromatic heterocycles. The third-order valence-corrected chi connectivity index (χ3v) is 4.55. The molecular weight excluding hydrogens is 321 g/mol. The van der Waals surface area contributed by atoms with Crippen molar-refractivity contribution in [2.24, 2.45) is 5.92 Å². The van der Waals surface area contributed by atoms with Gasteiger partial charge in [-0.2, -0.15) is 0 Å². The first-order chi connectivity index (χ1) is 8.06. The van der Waals surface area contributed by atoms with Gasteiger partial charge in [0.15, 0.2) is 0 Å². The number of benzene rings is 1. The first-order valence-electron chi connectivity index (χ1n) is 6.54. The molecule has 1 aromatic carbocycles. The number of halogens is 1. The number of nitrogens with one attached hydrogen (secondary N) is 1. The van der Waals surface area contributed by atoms with Crippen molar-refractivity contribution in [3.8, 4) is 0 Å². The van der Waals surface area contributed by atoms with Crippen LogP contribution in [0.1, 0.15) is 50.8 Å². The second kappa shape index (κ2) is 7.37. The zero-order valence-electron chi connectivity index (χ0n) is 11.4. The summed E-state index contributed by atoms with van der Waals surface area (Å²) in [7, 11) is 0. The molecule has 0 aliphatic heterocycles. The van der Waals surface area contributed by atoms with Crippen LogP contribution in [0, 0.1) is 16.4 Å². The number of aryl methyl sites for hydroxylation is 1. The van der Waals surface area contributed by atoms with Gasteiger partial charge in [-0.25, -0.2) is 0 Å². The Labute approximate surface area is 120 Å². The smallest absolute Gasteiger partial charge is 0.0330 e. The lowest BCUT2D eigenvalue weighted by molar-refractivity contribution is 0.447. The molecular formula is C15H24IN. The van der Waals surface area contributed by atoms with Gasteiger partial charge in [0.1, 0.15) is 0 Å². The monoisotopic (exact) mass is 345 g/mol. The summed E-state index contributed by atoms with van der Waals surface area (Å²) in [5.41, 5.74) is 2.85. The van der Waals surface area contributed by atoms with E-state index >= 15 is 0 Å². The van der Waals surface area contributed by atoms with Crippen molar-refractivity contribution in [1.82, 2.24) is 5.32 Å². The van der Waals surface area contributed by atoms with Crippen molar-refractivity contribution < 1.29 is 0 Å². The third-order valence-electron chi connectivity index (χ3n) is 3.08. The Morgan fingerprint density at radius 3 is 2.53 bits per heavy atom. The highest BCUT2D eigenvalue weighted by Gasteiger charge is 2.14. The van der Waals surface area contributed by atoms with E-state index in [-0.39, 0.29) is 0 Å².